The highest BCUT2D eigenvalue weighted by molar-refractivity contribution is 5.92. The van der Waals surface area contributed by atoms with Gasteiger partial charge in [-0.15, -0.1) is 0 Å². The number of nitrogens with zero attached hydrogens (tertiary/aromatic N) is 3. The van der Waals surface area contributed by atoms with Crippen LogP contribution in [0.25, 0.3) is 16.6 Å². The van der Waals surface area contributed by atoms with Gasteiger partial charge >= 0.3 is 5.97 Å². The van der Waals surface area contributed by atoms with Gasteiger partial charge in [-0.2, -0.15) is 0 Å². The fraction of sp³-hybridized carbons (Fsp3) is 0.226. The first-order chi connectivity index (χ1) is 19.4. The second kappa shape index (κ2) is 12.1. The zero-order chi connectivity index (χ0) is 28.1. The number of carbonyl (C=O) groups is 1. The first-order valence-corrected chi connectivity index (χ1v) is 13.1. The molecule has 3 aromatic carbocycles. The van der Waals surface area contributed by atoms with Crippen molar-refractivity contribution in [2.45, 2.75) is 13.2 Å². The molecule has 4 N–H and O–H groups in total. The third-order valence-corrected chi connectivity index (χ3v) is 6.93. The van der Waals surface area contributed by atoms with Gasteiger partial charge in [0.25, 0.3) is 0 Å². The number of fused-ring (bicyclic) bond motifs is 1. The fourth-order valence-electron chi connectivity index (χ4n) is 4.95. The summed E-state index contributed by atoms with van der Waals surface area (Å²) in [6.45, 7) is 3.16. The number of hydrogen-bond donors (Lipinski definition) is 2. The molecule has 0 radical (unpaired) electrons. The average molecular weight is 540 g/mol. The van der Waals surface area contributed by atoms with Crippen molar-refractivity contribution in [2.24, 2.45) is 18.6 Å². The van der Waals surface area contributed by atoms with Gasteiger partial charge in [0.1, 0.15) is 12.4 Å². The molecule has 0 bridgehead atoms. The van der Waals surface area contributed by atoms with E-state index in [-0.39, 0.29) is 12.0 Å². The van der Waals surface area contributed by atoms with E-state index in [0.717, 1.165) is 22.5 Å². The molecule has 0 saturated carbocycles. The molecule has 0 atom stereocenters. The van der Waals surface area contributed by atoms with Crippen LogP contribution in [0.3, 0.4) is 0 Å². The van der Waals surface area contributed by atoms with E-state index in [9.17, 15) is 9.59 Å². The molecule has 0 amide bonds. The van der Waals surface area contributed by atoms with E-state index in [4.69, 9.17) is 21.1 Å². The molecule has 1 aliphatic heterocycles. The molecule has 206 valence electrons. The number of ether oxygens (including phenoxy) is 2. The van der Waals surface area contributed by atoms with Gasteiger partial charge in [0.05, 0.1) is 36.5 Å². The zero-order valence-corrected chi connectivity index (χ0v) is 22.5. The standard InChI is InChI=1S/C31H33N5O4/c1-34-29(35-13-15-39-16-14-35)18-28(37)26-12-6-11-25(30(26)34)27(32)20-36(33)19-23-9-5-10-24(17-23)31(38)40-21-22-7-3-2-4-8-22/h2-12,17-18,20H,13-16,19,21,32-33H2,1H3/b27-20-. The van der Waals surface area contributed by atoms with Crippen molar-refractivity contribution in [1.29, 1.82) is 0 Å². The van der Waals surface area contributed by atoms with Crippen LogP contribution < -0.4 is 21.9 Å². The first kappa shape index (κ1) is 27.0. The van der Waals surface area contributed by atoms with Gasteiger partial charge < -0.3 is 29.7 Å². The lowest BCUT2D eigenvalue weighted by Crippen LogP contribution is -2.38. The number of benzene rings is 3. The second-order valence-corrected chi connectivity index (χ2v) is 9.75. The molecule has 1 fully saturated rings. The van der Waals surface area contributed by atoms with E-state index < -0.39 is 5.97 Å². The molecule has 5 rings (SSSR count). The lowest BCUT2D eigenvalue weighted by atomic mass is 10.1. The number of hydrogen-bond acceptors (Lipinski definition) is 8. The minimum atomic E-state index is -0.405. The molecule has 4 aromatic rings. The summed E-state index contributed by atoms with van der Waals surface area (Å²) in [5, 5.41) is 2.05. The highest BCUT2D eigenvalue weighted by Gasteiger charge is 2.18. The molecule has 1 saturated heterocycles. The van der Waals surface area contributed by atoms with Crippen molar-refractivity contribution < 1.29 is 14.3 Å². The van der Waals surface area contributed by atoms with Crippen molar-refractivity contribution in [3.05, 3.63) is 118 Å². The number of hydrazine groups is 1. The van der Waals surface area contributed by atoms with E-state index >= 15 is 0 Å². The quantitative estimate of drug-likeness (QED) is 0.199. The maximum Gasteiger partial charge on any atom is 0.338 e. The summed E-state index contributed by atoms with van der Waals surface area (Å²) < 4.78 is 12.9. The Morgan fingerprint density at radius 3 is 2.50 bits per heavy atom. The van der Waals surface area contributed by atoms with E-state index in [0.29, 0.717) is 55.1 Å². The van der Waals surface area contributed by atoms with E-state index in [1.807, 2.05) is 60.1 Å². The fourth-order valence-corrected chi connectivity index (χ4v) is 4.95. The predicted octanol–water partition coefficient (Wildman–Crippen LogP) is 3.37. The Kier molecular flexibility index (Phi) is 8.14. The Hall–Kier alpha value is -4.60. The second-order valence-electron chi connectivity index (χ2n) is 9.75. The monoisotopic (exact) mass is 539 g/mol. The molecule has 0 aliphatic carbocycles. The SMILES string of the molecule is Cn1c(N2CCOCC2)cc(=O)c2cccc(/C(N)=C/N(N)Cc3cccc(C(=O)OCc4ccccc4)c3)c21. The van der Waals surface area contributed by atoms with Crippen LogP contribution in [0.5, 0.6) is 0 Å². The summed E-state index contributed by atoms with van der Waals surface area (Å²) in [6.07, 6.45) is 1.64. The van der Waals surface area contributed by atoms with Gasteiger partial charge in [0, 0.05) is 43.4 Å². The Morgan fingerprint density at radius 1 is 1.00 bits per heavy atom. The van der Waals surface area contributed by atoms with E-state index in [1.54, 1.807) is 36.5 Å². The summed E-state index contributed by atoms with van der Waals surface area (Å²) in [4.78, 5) is 27.8. The maximum absolute atomic E-state index is 13.0. The molecule has 0 spiro atoms. The number of nitrogens with two attached hydrogens (primary N) is 2. The van der Waals surface area contributed by atoms with Gasteiger partial charge in [-0.25, -0.2) is 10.6 Å². The van der Waals surface area contributed by atoms with Gasteiger partial charge in [0.15, 0.2) is 5.43 Å². The molecule has 9 nitrogen and oxygen atoms in total. The summed E-state index contributed by atoms with van der Waals surface area (Å²) in [6, 6.07) is 23.9. The number of aryl methyl sites for hydroxylation is 1. The van der Waals surface area contributed by atoms with Crippen LogP contribution in [-0.2, 0) is 29.7 Å². The van der Waals surface area contributed by atoms with E-state index in [2.05, 4.69) is 4.90 Å². The molecule has 1 aromatic heterocycles. The van der Waals surface area contributed by atoms with Crippen LogP contribution in [0, 0.1) is 0 Å². The molecular formula is C31H33N5O4. The maximum atomic E-state index is 13.0. The van der Waals surface area contributed by atoms with E-state index in [1.165, 1.54) is 5.01 Å². The van der Waals surface area contributed by atoms with Crippen LogP contribution in [-0.4, -0.2) is 41.8 Å². The Labute approximate surface area is 232 Å². The highest BCUT2D eigenvalue weighted by atomic mass is 16.5. The number of para-hydroxylation sites is 1. The largest absolute Gasteiger partial charge is 0.457 e. The summed E-state index contributed by atoms with van der Waals surface area (Å²) in [5.41, 5.74) is 10.5. The lowest BCUT2D eigenvalue weighted by molar-refractivity contribution is 0.0472. The van der Waals surface area contributed by atoms with Crippen LogP contribution in [0.2, 0.25) is 0 Å². The topological polar surface area (TPSA) is 116 Å². The number of morpholine rings is 1. The van der Waals surface area contributed by atoms with Gasteiger partial charge in [-0.3, -0.25) is 4.79 Å². The number of carbonyl (C=O) groups excluding carboxylic acids is 1. The minimum absolute atomic E-state index is 0.0650. The minimum Gasteiger partial charge on any atom is -0.457 e. The van der Waals surface area contributed by atoms with Crippen LogP contribution in [0.15, 0.2) is 89.9 Å². The number of aromatic nitrogens is 1. The third-order valence-electron chi connectivity index (χ3n) is 6.93. The molecule has 40 heavy (non-hydrogen) atoms. The van der Waals surface area contributed by atoms with Gasteiger partial charge in [0.2, 0.25) is 0 Å². The van der Waals surface area contributed by atoms with Crippen molar-refractivity contribution in [3.8, 4) is 0 Å². The molecule has 0 unspecified atom stereocenters. The number of rotatable bonds is 8. The number of anilines is 1. The summed E-state index contributed by atoms with van der Waals surface area (Å²) >= 11 is 0. The van der Waals surface area contributed by atoms with Crippen LogP contribution >= 0.6 is 0 Å². The normalized spacial score (nSPS) is 13.8. The number of esters is 1. The van der Waals surface area contributed by atoms with Crippen LogP contribution in [0.1, 0.15) is 27.0 Å². The average Bonchev–Trinajstić information content (AvgIpc) is 2.98. The zero-order valence-electron chi connectivity index (χ0n) is 22.5. The van der Waals surface area contributed by atoms with Gasteiger partial charge in [-0.1, -0.05) is 54.6 Å². The molecule has 9 heteroatoms. The third kappa shape index (κ3) is 6.01. The summed E-state index contributed by atoms with van der Waals surface area (Å²) in [7, 11) is 1.94. The predicted molar refractivity (Wildman–Crippen MR) is 156 cm³/mol. The Balaban J connectivity index is 1.35. The van der Waals surface area contributed by atoms with Crippen LogP contribution in [0.4, 0.5) is 5.82 Å². The number of pyridine rings is 1. The Bertz CT molecular complexity index is 1590. The molecule has 1 aliphatic rings. The van der Waals surface area contributed by atoms with Gasteiger partial charge in [-0.05, 0) is 29.3 Å². The van der Waals surface area contributed by atoms with Crippen molar-refractivity contribution in [1.82, 2.24) is 9.58 Å². The highest BCUT2D eigenvalue weighted by Crippen LogP contribution is 2.25. The van der Waals surface area contributed by atoms with Crippen molar-refractivity contribution >= 4 is 28.4 Å². The van der Waals surface area contributed by atoms with Crippen molar-refractivity contribution in [3.63, 3.8) is 0 Å². The first-order valence-electron chi connectivity index (χ1n) is 13.1. The molecular weight excluding hydrogens is 506 g/mol. The molecule has 2 heterocycles. The summed E-state index contributed by atoms with van der Waals surface area (Å²) in [5.74, 6) is 6.75. The van der Waals surface area contributed by atoms with Crippen molar-refractivity contribution in [2.75, 3.05) is 31.2 Å². The lowest BCUT2D eigenvalue weighted by Gasteiger charge is -2.31. The Morgan fingerprint density at radius 2 is 1.73 bits per heavy atom. The smallest absolute Gasteiger partial charge is 0.338 e.